The molecule has 1 amide bonds. The number of rotatable bonds is 4. The van der Waals surface area contributed by atoms with Gasteiger partial charge in [0.15, 0.2) is 0 Å². The molecule has 0 aliphatic carbocycles. The highest BCUT2D eigenvalue weighted by Crippen LogP contribution is 2.37. The van der Waals surface area contributed by atoms with E-state index in [2.05, 4.69) is 37.7 Å². The molecule has 0 bridgehead atoms. The highest BCUT2D eigenvalue weighted by molar-refractivity contribution is 5.95. The lowest BCUT2D eigenvalue weighted by Gasteiger charge is -2.33. The van der Waals surface area contributed by atoms with Crippen LogP contribution in [0.5, 0.6) is 5.75 Å². The number of pyridine rings is 1. The lowest BCUT2D eigenvalue weighted by atomic mass is 9.88. The number of benzene rings is 1. The van der Waals surface area contributed by atoms with Crippen LogP contribution in [-0.4, -0.2) is 38.2 Å². The second-order valence-electron chi connectivity index (χ2n) is 6.02. The predicted octanol–water partition coefficient (Wildman–Crippen LogP) is 1.86. The monoisotopic (exact) mass is 363 g/mol. The van der Waals surface area contributed by atoms with Gasteiger partial charge in [0.25, 0.3) is 0 Å². The third-order valence-electron chi connectivity index (χ3n) is 4.39. The number of fused-ring (bicyclic) bond motifs is 1. The molecule has 27 heavy (non-hydrogen) atoms. The number of nitrogens with one attached hydrogen (secondary N) is 2. The van der Waals surface area contributed by atoms with Gasteiger partial charge in [0.2, 0.25) is 11.9 Å². The van der Waals surface area contributed by atoms with E-state index in [0.717, 1.165) is 11.3 Å². The van der Waals surface area contributed by atoms with Crippen LogP contribution in [0.25, 0.3) is 0 Å². The molecule has 0 saturated carbocycles. The molecule has 0 spiro atoms. The van der Waals surface area contributed by atoms with Crippen LogP contribution in [0.1, 0.15) is 11.6 Å². The molecule has 1 aliphatic rings. The summed E-state index contributed by atoms with van der Waals surface area (Å²) in [5.74, 6) is 0.295. The molecular weight excluding hydrogens is 346 g/mol. The number of nitrogens with zero attached hydrogens (tertiary/aromatic N) is 5. The second kappa shape index (κ2) is 6.87. The van der Waals surface area contributed by atoms with E-state index in [0.29, 0.717) is 17.3 Å². The molecule has 2 N–H and O–H groups in total. The van der Waals surface area contributed by atoms with Gasteiger partial charge in [-0.05, 0) is 40.3 Å². The van der Waals surface area contributed by atoms with Crippen LogP contribution in [0.3, 0.4) is 0 Å². The minimum atomic E-state index is -0.630. The van der Waals surface area contributed by atoms with Gasteiger partial charge >= 0.3 is 0 Å². The van der Waals surface area contributed by atoms with Crippen molar-refractivity contribution in [3.05, 3.63) is 66.6 Å². The van der Waals surface area contributed by atoms with Gasteiger partial charge in [0.1, 0.15) is 11.7 Å². The maximum atomic E-state index is 13.1. The minimum Gasteiger partial charge on any atom is -0.497 e. The summed E-state index contributed by atoms with van der Waals surface area (Å²) >= 11 is 0. The molecule has 2 unspecified atom stereocenters. The fraction of sp³-hybridized carbons (Fsp3) is 0.167. The molecule has 3 heterocycles. The molecule has 2 atom stereocenters. The molecule has 1 aromatic carbocycles. The quantitative estimate of drug-likeness (QED) is 0.728. The van der Waals surface area contributed by atoms with E-state index in [9.17, 15) is 4.79 Å². The number of aromatic nitrogens is 5. The lowest BCUT2D eigenvalue weighted by Crippen LogP contribution is -2.39. The van der Waals surface area contributed by atoms with Crippen molar-refractivity contribution in [2.75, 3.05) is 17.7 Å². The maximum Gasteiger partial charge on any atom is 0.247 e. The third kappa shape index (κ3) is 3.10. The van der Waals surface area contributed by atoms with Crippen molar-refractivity contribution >= 4 is 17.5 Å². The lowest BCUT2D eigenvalue weighted by molar-refractivity contribution is -0.119. The number of tetrazole rings is 1. The van der Waals surface area contributed by atoms with E-state index in [-0.39, 0.29) is 5.91 Å². The van der Waals surface area contributed by atoms with Crippen molar-refractivity contribution in [3.63, 3.8) is 0 Å². The van der Waals surface area contributed by atoms with E-state index >= 15 is 0 Å². The van der Waals surface area contributed by atoms with Crippen LogP contribution in [0.15, 0.2) is 61.1 Å². The summed E-state index contributed by atoms with van der Waals surface area (Å²) in [7, 11) is 1.60. The smallest absolute Gasteiger partial charge is 0.247 e. The molecular formula is C18H17N7O2. The average molecular weight is 363 g/mol. The summed E-state index contributed by atoms with van der Waals surface area (Å²) in [6.07, 6.45) is 3.23. The van der Waals surface area contributed by atoms with Gasteiger partial charge in [0.05, 0.1) is 25.0 Å². The van der Waals surface area contributed by atoms with E-state index in [4.69, 9.17) is 4.74 Å². The summed E-state index contributed by atoms with van der Waals surface area (Å²) < 4.78 is 6.81. The van der Waals surface area contributed by atoms with Gasteiger partial charge in [0, 0.05) is 11.9 Å². The van der Waals surface area contributed by atoms with Crippen molar-refractivity contribution in [1.82, 2.24) is 25.2 Å². The second-order valence-corrected chi connectivity index (χ2v) is 6.02. The highest BCUT2D eigenvalue weighted by atomic mass is 16.5. The Morgan fingerprint density at radius 3 is 2.81 bits per heavy atom. The first kappa shape index (κ1) is 16.7. The maximum absolute atomic E-state index is 13.1. The fourth-order valence-corrected chi connectivity index (χ4v) is 3.11. The zero-order chi connectivity index (χ0) is 18.8. The number of hydrogen-bond acceptors (Lipinski definition) is 7. The summed E-state index contributed by atoms with van der Waals surface area (Å²) in [6, 6.07) is 10.5. The molecule has 3 aromatic rings. The molecule has 4 rings (SSSR count). The summed E-state index contributed by atoms with van der Waals surface area (Å²) in [5, 5.41) is 17.6. The molecule has 2 aromatic heterocycles. The number of hydrogen-bond donors (Lipinski definition) is 2. The van der Waals surface area contributed by atoms with Crippen molar-refractivity contribution in [3.8, 4) is 5.75 Å². The first-order chi connectivity index (χ1) is 13.2. The molecule has 136 valence electrons. The van der Waals surface area contributed by atoms with Gasteiger partial charge in [-0.3, -0.25) is 9.78 Å². The zero-order valence-corrected chi connectivity index (χ0v) is 14.5. The van der Waals surface area contributed by atoms with Crippen LogP contribution in [0.2, 0.25) is 0 Å². The van der Waals surface area contributed by atoms with Crippen molar-refractivity contribution in [2.45, 2.75) is 6.04 Å². The van der Waals surface area contributed by atoms with Crippen molar-refractivity contribution in [2.24, 2.45) is 5.92 Å². The number of carbonyl (C=O) groups excluding carboxylic acids is 1. The summed E-state index contributed by atoms with van der Waals surface area (Å²) in [4.78, 5) is 17.1. The number of carbonyl (C=O) groups is 1. The Morgan fingerprint density at radius 2 is 2.11 bits per heavy atom. The molecule has 0 saturated heterocycles. The zero-order valence-electron chi connectivity index (χ0n) is 14.5. The normalized spacial score (nSPS) is 18.3. The SMILES string of the molecule is C=C1Nc2nnnn2C(c2ccc(OC)cc2)C1C(=O)Nc1cccnc1. The van der Waals surface area contributed by atoms with Gasteiger partial charge in [-0.2, -0.15) is 0 Å². The Bertz CT molecular complexity index is 969. The van der Waals surface area contributed by atoms with E-state index in [1.165, 1.54) is 0 Å². The van der Waals surface area contributed by atoms with Crippen LogP contribution in [-0.2, 0) is 4.79 Å². The number of anilines is 2. The Labute approximate surface area is 155 Å². The summed E-state index contributed by atoms with van der Waals surface area (Å²) in [6.45, 7) is 4.03. The predicted molar refractivity (Wildman–Crippen MR) is 98.1 cm³/mol. The minimum absolute atomic E-state index is 0.234. The molecule has 9 nitrogen and oxygen atoms in total. The largest absolute Gasteiger partial charge is 0.497 e. The standard InChI is InChI=1S/C18H17N7O2/c1-11-15(17(26)21-13-4-3-9-19-10-13)16(25-18(20-11)22-23-24-25)12-5-7-14(27-2)8-6-12/h3-10,15-16H,1H2,2H3,(H,21,26)(H,20,22,24). The Morgan fingerprint density at radius 1 is 1.30 bits per heavy atom. The summed E-state index contributed by atoms with van der Waals surface area (Å²) in [5.41, 5.74) is 1.98. The van der Waals surface area contributed by atoms with Crippen molar-refractivity contribution in [1.29, 1.82) is 0 Å². The van der Waals surface area contributed by atoms with Gasteiger partial charge < -0.3 is 15.4 Å². The van der Waals surface area contributed by atoms with E-state index in [1.807, 2.05) is 24.3 Å². The average Bonchev–Trinajstić information content (AvgIpc) is 3.15. The Kier molecular flexibility index (Phi) is 4.25. The van der Waals surface area contributed by atoms with Gasteiger partial charge in [-0.25, -0.2) is 4.68 Å². The Hall–Kier alpha value is -3.75. The van der Waals surface area contributed by atoms with E-state index < -0.39 is 12.0 Å². The highest BCUT2D eigenvalue weighted by Gasteiger charge is 2.40. The Balaban J connectivity index is 1.73. The molecule has 0 radical (unpaired) electrons. The fourth-order valence-electron chi connectivity index (χ4n) is 3.11. The van der Waals surface area contributed by atoms with Crippen molar-refractivity contribution < 1.29 is 9.53 Å². The molecule has 9 heteroatoms. The topological polar surface area (TPSA) is 107 Å². The van der Waals surface area contributed by atoms with Gasteiger partial charge in [-0.15, -0.1) is 0 Å². The molecule has 1 aliphatic heterocycles. The van der Waals surface area contributed by atoms with Crippen LogP contribution in [0, 0.1) is 5.92 Å². The van der Waals surface area contributed by atoms with Crippen LogP contribution >= 0.6 is 0 Å². The number of methoxy groups -OCH3 is 1. The first-order valence-electron chi connectivity index (χ1n) is 8.26. The number of amides is 1. The van der Waals surface area contributed by atoms with E-state index in [1.54, 1.807) is 36.3 Å². The van der Waals surface area contributed by atoms with Gasteiger partial charge in [-0.1, -0.05) is 23.8 Å². The third-order valence-corrected chi connectivity index (χ3v) is 4.39. The number of ether oxygens (including phenoxy) is 1. The van der Waals surface area contributed by atoms with Crippen LogP contribution in [0.4, 0.5) is 11.6 Å². The first-order valence-corrected chi connectivity index (χ1v) is 8.26. The van der Waals surface area contributed by atoms with Crippen LogP contribution < -0.4 is 15.4 Å². The molecule has 0 fully saturated rings.